The Labute approximate surface area is 189 Å². The Balaban J connectivity index is 1.44. The molecule has 0 atom stereocenters. The lowest BCUT2D eigenvalue weighted by Crippen LogP contribution is -2.26. The molecule has 0 spiro atoms. The molecule has 7 nitrogen and oxygen atoms in total. The summed E-state index contributed by atoms with van der Waals surface area (Å²) in [6, 6.07) is 10.8. The Morgan fingerprint density at radius 1 is 1.09 bits per heavy atom. The van der Waals surface area contributed by atoms with Gasteiger partial charge in [-0.15, -0.1) is 0 Å². The first-order valence-corrected chi connectivity index (χ1v) is 11.8. The van der Waals surface area contributed by atoms with Crippen LogP contribution in [0.5, 0.6) is 5.75 Å². The van der Waals surface area contributed by atoms with E-state index in [1.807, 2.05) is 25.1 Å². The molecule has 3 heterocycles. The van der Waals surface area contributed by atoms with E-state index in [2.05, 4.69) is 10.3 Å². The van der Waals surface area contributed by atoms with Gasteiger partial charge < -0.3 is 4.74 Å². The monoisotopic (exact) mass is 448 g/mol. The molecule has 0 radical (unpaired) electrons. The minimum absolute atomic E-state index is 0.0184. The normalized spacial score (nSPS) is 14.0. The van der Waals surface area contributed by atoms with E-state index in [4.69, 9.17) is 9.72 Å². The number of thiazole rings is 1. The lowest BCUT2D eigenvalue weighted by molar-refractivity contribution is 0.102. The van der Waals surface area contributed by atoms with Gasteiger partial charge in [0.1, 0.15) is 11.6 Å². The number of nitrogens with zero attached hydrogens (tertiary/aromatic N) is 3. The highest BCUT2D eigenvalue weighted by Crippen LogP contribution is 2.29. The summed E-state index contributed by atoms with van der Waals surface area (Å²) >= 11 is 1.40. The maximum atomic E-state index is 13.0. The second-order valence-corrected chi connectivity index (χ2v) is 8.95. The number of hydrogen-bond donors (Lipinski definition) is 1. The molecule has 2 aromatic carbocycles. The lowest BCUT2D eigenvalue weighted by atomic mass is 10.1. The Bertz CT molecular complexity index is 1380. The standard InChI is InChI=1S/C24H24N4O3S/c1-2-31-16-9-11-18-20(14-16)32-24(26-18)27-22(29)15-8-10-17-19(13-15)25-21-7-5-3-4-6-12-28(21)23(17)30/h8-11,13-14H,2-7,12H2,1H3,(H,26,27,29). The number of fused-ring (bicyclic) bond motifs is 3. The van der Waals surface area contributed by atoms with Crippen LogP contribution in [0.3, 0.4) is 0 Å². The van der Waals surface area contributed by atoms with Gasteiger partial charge in [0.2, 0.25) is 0 Å². The van der Waals surface area contributed by atoms with E-state index in [9.17, 15) is 9.59 Å². The van der Waals surface area contributed by atoms with Gasteiger partial charge in [0.05, 0.1) is 27.7 Å². The zero-order chi connectivity index (χ0) is 22.1. The summed E-state index contributed by atoms with van der Waals surface area (Å²) in [6.45, 7) is 3.24. The van der Waals surface area contributed by atoms with Crippen LogP contribution in [0.1, 0.15) is 48.8 Å². The first kappa shape index (κ1) is 20.6. The molecular weight excluding hydrogens is 424 g/mol. The summed E-state index contributed by atoms with van der Waals surface area (Å²) in [5.74, 6) is 1.32. The SMILES string of the molecule is CCOc1ccc2nc(NC(=O)c3ccc4c(=O)n5c(nc4c3)CCCCCC5)sc2c1. The number of rotatable bonds is 4. The van der Waals surface area contributed by atoms with Crippen molar-refractivity contribution in [3.63, 3.8) is 0 Å². The highest BCUT2D eigenvalue weighted by Gasteiger charge is 2.16. The zero-order valence-corrected chi connectivity index (χ0v) is 18.7. The number of anilines is 1. The smallest absolute Gasteiger partial charge is 0.261 e. The maximum absolute atomic E-state index is 13.0. The van der Waals surface area contributed by atoms with Crippen molar-refractivity contribution in [3.8, 4) is 5.75 Å². The van der Waals surface area contributed by atoms with E-state index in [-0.39, 0.29) is 11.5 Å². The van der Waals surface area contributed by atoms with Crippen molar-refractivity contribution in [1.82, 2.24) is 14.5 Å². The molecule has 0 unspecified atom stereocenters. The van der Waals surface area contributed by atoms with Crippen LogP contribution in [0.25, 0.3) is 21.1 Å². The highest BCUT2D eigenvalue weighted by molar-refractivity contribution is 7.22. The number of hydrogen-bond acceptors (Lipinski definition) is 6. The Hall–Kier alpha value is -3.26. The van der Waals surface area contributed by atoms with Crippen LogP contribution < -0.4 is 15.6 Å². The molecule has 0 saturated heterocycles. The number of carbonyl (C=O) groups is 1. The van der Waals surface area contributed by atoms with Gasteiger partial charge in [-0.2, -0.15) is 0 Å². The minimum Gasteiger partial charge on any atom is -0.494 e. The van der Waals surface area contributed by atoms with Crippen LogP contribution in [-0.2, 0) is 13.0 Å². The van der Waals surface area contributed by atoms with Crippen molar-refractivity contribution in [2.75, 3.05) is 11.9 Å². The third kappa shape index (κ3) is 3.98. The molecule has 1 aliphatic heterocycles. The molecule has 5 rings (SSSR count). The second-order valence-electron chi connectivity index (χ2n) is 7.92. The first-order valence-electron chi connectivity index (χ1n) is 11.0. The Morgan fingerprint density at radius 2 is 1.97 bits per heavy atom. The van der Waals surface area contributed by atoms with Crippen molar-refractivity contribution >= 4 is 43.5 Å². The van der Waals surface area contributed by atoms with E-state index in [0.717, 1.165) is 53.9 Å². The summed E-state index contributed by atoms with van der Waals surface area (Å²) in [4.78, 5) is 35.1. The average Bonchev–Trinajstić information content (AvgIpc) is 3.16. The topological polar surface area (TPSA) is 86.1 Å². The molecule has 0 saturated carbocycles. The molecule has 0 aliphatic carbocycles. The molecule has 2 aromatic heterocycles. The number of benzene rings is 2. The zero-order valence-electron chi connectivity index (χ0n) is 17.9. The average molecular weight is 449 g/mol. The molecule has 0 fully saturated rings. The maximum Gasteiger partial charge on any atom is 0.261 e. The van der Waals surface area contributed by atoms with Crippen LogP contribution in [-0.4, -0.2) is 27.0 Å². The van der Waals surface area contributed by atoms with Gasteiger partial charge in [-0.25, -0.2) is 9.97 Å². The van der Waals surface area contributed by atoms with Crippen molar-refractivity contribution in [1.29, 1.82) is 0 Å². The van der Waals surface area contributed by atoms with Gasteiger partial charge in [-0.3, -0.25) is 19.5 Å². The summed E-state index contributed by atoms with van der Waals surface area (Å²) in [5, 5.41) is 3.94. The third-order valence-electron chi connectivity index (χ3n) is 5.72. The highest BCUT2D eigenvalue weighted by atomic mass is 32.1. The summed E-state index contributed by atoms with van der Waals surface area (Å²) < 4.78 is 8.28. The van der Waals surface area contributed by atoms with Crippen molar-refractivity contribution in [2.45, 2.75) is 45.6 Å². The van der Waals surface area contributed by atoms with Crippen molar-refractivity contribution in [3.05, 3.63) is 58.1 Å². The number of nitrogens with one attached hydrogen (secondary N) is 1. The largest absolute Gasteiger partial charge is 0.494 e. The number of carbonyl (C=O) groups excluding carboxylic acids is 1. The van der Waals surface area contributed by atoms with E-state index in [0.29, 0.717) is 34.7 Å². The van der Waals surface area contributed by atoms with E-state index in [1.54, 1.807) is 22.8 Å². The Kier molecular flexibility index (Phi) is 5.61. The van der Waals surface area contributed by atoms with Gasteiger partial charge in [-0.1, -0.05) is 24.2 Å². The molecule has 32 heavy (non-hydrogen) atoms. The first-order chi connectivity index (χ1) is 15.6. The molecule has 8 heteroatoms. The van der Waals surface area contributed by atoms with E-state index in [1.165, 1.54) is 11.3 Å². The number of aryl methyl sites for hydroxylation is 1. The quantitative estimate of drug-likeness (QED) is 0.486. The fourth-order valence-electron chi connectivity index (χ4n) is 4.12. The number of aromatic nitrogens is 3. The molecule has 1 amide bonds. The fourth-order valence-corrected chi connectivity index (χ4v) is 5.01. The molecule has 1 aliphatic rings. The fraction of sp³-hybridized carbons (Fsp3) is 0.333. The van der Waals surface area contributed by atoms with E-state index >= 15 is 0 Å². The molecule has 1 N–H and O–H groups in total. The van der Waals surface area contributed by atoms with Crippen LogP contribution in [0.2, 0.25) is 0 Å². The Morgan fingerprint density at radius 3 is 2.84 bits per heavy atom. The summed E-state index contributed by atoms with van der Waals surface area (Å²) in [7, 11) is 0. The van der Waals surface area contributed by atoms with Crippen LogP contribution in [0.4, 0.5) is 5.13 Å². The predicted octanol–water partition coefficient (Wildman–Crippen LogP) is 4.77. The van der Waals surface area contributed by atoms with Crippen LogP contribution in [0.15, 0.2) is 41.2 Å². The molecule has 0 bridgehead atoms. The second kappa shape index (κ2) is 8.70. The van der Waals surface area contributed by atoms with Crippen molar-refractivity contribution in [2.24, 2.45) is 0 Å². The van der Waals surface area contributed by atoms with Gasteiger partial charge >= 0.3 is 0 Å². The summed E-state index contributed by atoms with van der Waals surface area (Å²) in [6.07, 6.45) is 5.11. The number of ether oxygens (including phenoxy) is 1. The van der Waals surface area contributed by atoms with Gasteiger partial charge in [0, 0.05) is 18.5 Å². The third-order valence-corrected chi connectivity index (χ3v) is 6.65. The summed E-state index contributed by atoms with van der Waals surface area (Å²) in [5.41, 5.74) is 1.81. The van der Waals surface area contributed by atoms with E-state index < -0.39 is 0 Å². The lowest BCUT2D eigenvalue weighted by Gasteiger charge is -2.16. The molecule has 164 valence electrons. The van der Waals surface area contributed by atoms with Crippen LogP contribution in [0, 0.1) is 0 Å². The predicted molar refractivity (Wildman–Crippen MR) is 127 cm³/mol. The minimum atomic E-state index is -0.273. The number of amides is 1. The van der Waals surface area contributed by atoms with Crippen molar-refractivity contribution < 1.29 is 9.53 Å². The van der Waals surface area contributed by atoms with Crippen LogP contribution >= 0.6 is 11.3 Å². The molecule has 4 aromatic rings. The molecular formula is C24H24N4O3S. The van der Waals surface area contributed by atoms with Gasteiger partial charge in [-0.05, 0) is 56.2 Å². The van der Waals surface area contributed by atoms with Gasteiger partial charge in [0.15, 0.2) is 5.13 Å². The van der Waals surface area contributed by atoms with Gasteiger partial charge in [0.25, 0.3) is 11.5 Å².